The number of aromatic nitrogens is 1. The van der Waals surface area contributed by atoms with Crippen molar-refractivity contribution in [3.05, 3.63) is 68.9 Å². The van der Waals surface area contributed by atoms with Crippen LogP contribution in [0.2, 0.25) is 10.0 Å². The van der Waals surface area contributed by atoms with E-state index in [0.29, 0.717) is 38.2 Å². The minimum atomic E-state index is -0.532. The van der Waals surface area contributed by atoms with Gasteiger partial charge >= 0.3 is 0 Å². The summed E-state index contributed by atoms with van der Waals surface area (Å²) in [6, 6.07) is 9.81. The van der Waals surface area contributed by atoms with Gasteiger partial charge in [-0.25, -0.2) is 0 Å². The maximum Gasteiger partial charge on any atom is 0.261 e. The molecule has 3 aromatic rings. The van der Waals surface area contributed by atoms with Crippen molar-refractivity contribution >= 4 is 40.7 Å². The summed E-state index contributed by atoms with van der Waals surface area (Å²) in [5, 5.41) is 7.43. The molecule has 6 nitrogen and oxygen atoms in total. The lowest BCUT2D eigenvalue weighted by molar-refractivity contribution is 0.0997. The summed E-state index contributed by atoms with van der Waals surface area (Å²) in [5.41, 5.74) is 7.74. The van der Waals surface area contributed by atoms with Crippen LogP contribution in [0.15, 0.2) is 40.9 Å². The maximum absolute atomic E-state index is 12.9. The highest BCUT2D eigenvalue weighted by Crippen LogP contribution is 2.37. The number of anilines is 1. The molecule has 0 unspecified atom stereocenters. The van der Waals surface area contributed by atoms with Gasteiger partial charge in [-0.05, 0) is 49.7 Å². The molecule has 0 saturated heterocycles. The molecule has 0 aliphatic rings. The predicted octanol–water partition coefficient (Wildman–Crippen LogP) is 4.62. The van der Waals surface area contributed by atoms with Gasteiger partial charge in [0.25, 0.3) is 5.91 Å². The third kappa shape index (κ3) is 3.67. The number of rotatable bonds is 4. The molecular formula is C19H15Cl2N3O3. The maximum atomic E-state index is 12.9. The van der Waals surface area contributed by atoms with Crippen molar-refractivity contribution in [2.75, 3.05) is 5.32 Å². The molecule has 1 heterocycles. The van der Waals surface area contributed by atoms with Crippen LogP contribution in [0, 0.1) is 13.8 Å². The zero-order chi connectivity index (χ0) is 19.7. The van der Waals surface area contributed by atoms with E-state index in [9.17, 15) is 9.59 Å². The van der Waals surface area contributed by atoms with Crippen molar-refractivity contribution in [1.29, 1.82) is 0 Å². The van der Waals surface area contributed by atoms with Gasteiger partial charge in [-0.15, -0.1) is 0 Å². The number of hydrogen-bond donors (Lipinski definition) is 2. The number of nitrogens with zero attached hydrogens (tertiary/aromatic N) is 1. The van der Waals surface area contributed by atoms with E-state index in [2.05, 4.69) is 10.5 Å². The highest BCUT2D eigenvalue weighted by Gasteiger charge is 2.25. The summed E-state index contributed by atoms with van der Waals surface area (Å²) in [7, 11) is 0. The molecule has 8 heteroatoms. The van der Waals surface area contributed by atoms with Gasteiger partial charge < -0.3 is 15.6 Å². The lowest BCUT2D eigenvalue weighted by Crippen LogP contribution is -2.15. The van der Waals surface area contributed by atoms with Crippen LogP contribution >= 0.6 is 23.2 Å². The Hall–Kier alpha value is -2.83. The van der Waals surface area contributed by atoms with Gasteiger partial charge in [0.2, 0.25) is 5.91 Å². The molecular weight excluding hydrogens is 389 g/mol. The Bertz CT molecular complexity index is 1040. The molecule has 1 aromatic heterocycles. The van der Waals surface area contributed by atoms with E-state index in [1.54, 1.807) is 50.2 Å². The van der Waals surface area contributed by atoms with Crippen molar-refractivity contribution in [3.63, 3.8) is 0 Å². The molecule has 138 valence electrons. The van der Waals surface area contributed by atoms with Crippen molar-refractivity contribution in [3.8, 4) is 11.3 Å². The Balaban J connectivity index is 1.98. The van der Waals surface area contributed by atoms with E-state index in [1.165, 1.54) is 0 Å². The topological polar surface area (TPSA) is 98.2 Å². The number of benzene rings is 2. The van der Waals surface area contributed by atoms with Crippen LogP contribution in [0.5, 0.6) is 0 Å². The second-order valence-corrected chi connectivity index (χ2v) is 6.72. The number of carbonyl (C=O) groups is 2. The zero-order valence-electron chi connectivity index (χ0n) is 14.5. The normalized spacial score (nSPS) is 10.7. The lowest BCUT2D eigenvalue weighted by Gasteiger charge is -2.09. The Kier molecular flexibility index (Phi) is 5.21. The zero-order valence-corrected chi connectivity index (χ0v) is 16.0. The second kappa shape index (κ2) is 7.42. The molecule has 0 spiro atoms. The van der Waals surface area contributed by atoms with Crippen molar-refractivity contribution < 1.29 is 14.1 Å². The molecule has 0 atom stereocenters. The van der Waals surface area contributed by atoms with Gasteiger partial charge in [0.15, 0.2) is 0 Å². The number of amides is 2. The van der Waals surface area contributed by atoms with Crippen LogP contribution in [-0.4, -0.2) is 17.0 Å². The van der Waals surface area contributed by atoms with Crippen molar-refractivity contribution in [2.24, 2.45) is 5.73 Å². The van der Waals surface area contributed by atoms with Crippen LogP contribution in [0.3, 0.4) is 0 Å². The van der Waals surface area contributed by atoms with Crippen LogP contribution in [0.25, 0.3) is 11.3 Å². The lowest BCUT2D eigenvalue weighted by atomic mass is 10.0. The van der Waals surface area contributed by atoms with Gasteiger partial charge in [0.05, 0.1) is 10.0 Å². The Labute approximate surface area is 165 Å². The fourth-order valence-corrected chi connectivity index (χ4v) is 3.32. The average Bonchev–Trinajstić information content (AvgIpc) is 2.96. The largest absolute Gasteiger partial charge is 0.366 e. The van der Waals surface area contributed by atoms with E-state index < -0.39 is 11.8 Å². The first-order valence-electron chi connectivity index (χ1n) is 7.92. The number of carbonyl (C=O) groups excluding carboxylic acids is 2. The molecule has 0 fully saturated rings. The summed E-state index contributed by atoms with van der Waals surface area (Å²) in [6.45, 7) is 3.35. The minimum Gasteiger partial charge on any atom is -0.366 e. The number of primary amides is 1. The third-order valence-corrected chi connectivity index (χ3v) is 4.67. The van der Waals surface area contributed by atoms with Gasteiger partial charge in [-0.1, -0.05) is 34.4 Å². The molecule has 0 saturated carbocycles. The summed E-state index contributed by atoms with van der Waals surface area (Å²) >= 11 is 12.5. The number of aryl methyl sites for hydroxylation is 2. The first-order chi connectivity index (χ1) is 12.8. The van der Waals surface area contributed by atoms with Gasteiger partial charge in [0, 0.05) is 16.8 Å². The fraction of sp³-hybridized carbons (Fsp3) is 0.105. The SMILES string of the molecule is Cc1cc(NC(=O)c2c(-c3c(Cl)cccc3Cl)noc2C)ccc1C(N)=O. The van der Waals surface area contributed by atoms with E-state index in [4.69, 9.17) is 33.5 Å². The Morgan fingerprint density at radius 1 is 1.11 bits per heavy atom. The van der Waals surface area contributed by atoms with Gasteiger partial charge in [0.1, 0.15) is 17.0 Å². The molecule has 2 amide bonds. The predicted molar refractivity (Wildman–Crippen MR) is 104 cm³/mol. The smallest absolute Gasteiger partial charge is 0.261 e. The highest BCUT2D eigenvalue weighted by atomic mass is 35.5. The quantitative estimate of drug-likeness (QED) is 0.663. The van der Waals surface area contributed by atoms with Gasteiger partial charge in [-0.3, -0.25) is 9.59 Å². The van der Waals surface area contributed by atoms with E-state index in [1.807, 2.05) is 0 Å². The minimum absolute atomic E-state index is 0.224. The average molecular weight is 404 g/mol. The number of nitrogens with one attached hydrogen (secondary N) is 1. The van der Waals surface area contributed by atoms with Crippen LogP contribution < -0.4 is 11.1 Å². The summed E-state index contributed by atoms with van der Waals surface area (Å²) < 4.78 is 5.20. The second-order valence-electron chi connectivity index (χ2n) is 5.91. The molecule has 27 heavy (non-hydrogen) atoms. The van der Waals surface area contributed by atoms with Crippen LogP contribution in [0.4, 0.5) is 5.69 Å². The number of hydrogen-bond acceptors (Lipinski definition) is 4. The van der Waals surface area contributed by atoms with E-state index >= 15 is 0 Å². The standard InChI is InChI=1S/C19H15Cl2N3O3/c1-9-8-11(6-7-12(9)18(22)25)23-19(26)15-10(2)27-24-17(15)16-13(20)4-3-5-14(16)21/h3-8H,1-2H3,(H2,22,25)(H,23,26). The van der Waals surface area contributed by atoms with Crippen LogP contribution in [-0.2, 0) is 0 Å². The molecule has 2 aromatic carbocycles. The molecule has 0 bridgehead atoms. The van der Waals surface area contributed by atoms with Crippen molar-refractivity contribution in [2.45, 2.75) is 13.8 Å². The molecule has 0 radical (unpaired) electrons. The number of nitrogens with two attached hydrogens (primary N) is 1. The fourth-order valence-electron chi connectivity index (χ4n) is 2.75. The highest BCUT2D eigenvalue weighted by molar-refractivity contribution is 6.39. The summed E-state index contributed by atoms with van der Waals surface area (Å²) in [4.78, 5) is 24.2. The van der Waals surface area contributed by atoms with E-state index in [0.717, 1.165) is 0 Å². The van der Waals surface area contributed by atoms with E-state index in [-0.39, 0.29) is 11.3 Å². The van der Waals surface area contributed by atoms with Crippen molar-refractivity contribution in [1.82, 2.24) is 5.16 Å². The Morgan fingerprint density at radius 2 is 1.78 bits per heavy atom. The summed E-state index contributed by atoms with van der Waals surface area (Å²) in [5.74, 6) is -0.647. The summed E-state index contributed by atoms with van der Waals surface area (Å²) in [6.07, 6.45) is 0. The first-order valence-corrected chi connectivity index (χ1v) is 8.67. The monoisotopic (exact) mass is 403 g/mol. The Morgan fingerprint density at radius 3 is 2.37 bits per heavy atom. The number of halogens is 2. The van der Waals surface area contributed by atoms with Gasteiger partial charge in [-0.2, -0.15) is 0 Å². The first kappa shape index (κ1) is 18.9. The molecule has 3 N–H and O–H groups in total. The molecule has 3 rings (SSSR count). The third-order valence-electron chi connectivity index (χ3n) is 4.04. The molecule has 0 aliphatic carbocycles. The van der Waals surface area contributed by atoms with Crippen LogP contribution in [0.1, 0.15) is 32.0 Å². The molecule has 0 aliphatic heterocycles.